The van der Waals surface area contributed by atoms with Gasteiger partial charge < -0.3 is 25.1 Å². The third-order valence-corrected chi connectivity index (χ3v) is 7.28. The second-order valence-electron chi connectivity index (χ2n) is 7.22. The van der Waals surface area contributed by atoms with Crippen LogP contribution in [0, 0.1) is 5.92 Å². The van der Waals surface area contributed by atoms with E-state index in [4.69, 9.17) is 20.2 Å². The van der Waals surface area contributed by atoms with Gasteiger partial charge in [0.05, 0.1) is 0 Å². The highest BCUT2D eigenvalue weighted by Gasteiger charge is 2.22. The summed E-state index contributed by atoms with van der Waals surface area (Å²) in [7, 11) is 0. The molecule has 10 heteroatoms. The number of nitrogen functional groups attached to an aromatic ring is 1. The summed E-state index contributed by atoms with van der Waals surface area (Å²) in [5.74, 6) is 2.55. The van der Waals surface area contributed by atoms with Gasteiger partial charge in [-0.2, -0.15) is 0 Å². The molecule has 0 spiro atoms. The summed E-state index contributed by atoms with van der Waals surface area (Å²) in [6.45, 7) is 3.27. The zero-order valence-corrected chi connectivity index (χ0v) is 18.1. The molecule has 0 radical (unpaired) electrons. The van der Waals surface area contributed by atoms with Crippen LogP contribution in [0.3, 0.4) is 0 Å². The number of rotatable bonds is 5. The molecule has 2 aromatic heterocycles. The first-order chi connectivity index (χ1) is 14.2. The van der Waals surface area contributed by atoms with Gasteiger partial charge in [-0.1, -0.05) is 11.8 Å². The number of aryl methyl sites for hydroxylation is 1. The molecule has 3 N–H and O–H groups in total. The lowest BCUT2D eigenvalue weighted by atomic mass is 9.96. The number of hydrogen-bond donors (Lipinski definition) is 2. The lowest BCUT2D eigenvalue weighted by Crippen LogP contribution is -2.30. The quantitative estimate of drug-likeness (QED) is 0.577. The van der Waals surface area contributed by atoms with Gasteiger partial charge in [0, 0.05) is 15.9 Å². The van der Waals surface area contributed by atoms with E-state index < -0.39 is 0 Å². The second-order valence-corrected chi connectivity index (χ2v) is 9.08. The average Bonchev–Trinajstić information content (AvgIpc) is 3.32. The summed E-state index contributed by atoms with van der Waals surface area (Å²) in [5, 5.41) is 4.33. The number of piperidine rings is 1. The molecule has 1 fully saturated rings. The van der Waals surface area contributed by atoms with Crippen LogP contribution in [0.1, 0.15) is 19.3 Å². The molecule has 1 atom stereocenters. The van der Waals surface area contributed by atoms with Crippen molar-refractivity contribution in [3.63, 3.8) is 0 Å². The largest absolute Gasteiger partial charge is 0.454 e. The average molecular weight is 477 g/mol. The van der Waals surface area contributed by atoms with Crippen LogP contribution >= 0.6 is 27.7 Å². The topological polar surface area (TPSA) is 100 Å². The first-order valence-electron chi connectivity index (χ1n) is 9.63. The molecule has 152 valence electrons. The molecule has 1 aromatic carbocycles. The molecule has 0 unspecified atom stereocenters. The third-order valence-electron chi connectivity index (χ3n) is 5.31. The summed E-state index contributed by atoms with van der Waals surface area (Å²) >= 11 is 5.20. The highest BCUT2D eigenvalue weighted by atomic mass is 79.9. The fourth-order valence-corrected chi connectivity index (χ4v) is 5.28. The zero-order chi connectivity index (χ0) is 19.8. The lowest BCUT2D eigenvalue weighted by Gasteiger charge is -2.23. The Kier molecular flexibility index (Phi) is 5.23. The predicted molar refractivity (Wildman–Crippen MR) is 114 cm³/mol. The van der Waals surface area contributed by atoms with Crippen LogP contribution < -0.4 is 20.5 Å². The highest BCUT2D eigenvalue weighted by Crippen LogP contribution is 2.43. The maximum atomic E-state index is 6.08. The summed E-state index contributed by atoms with van der Waals surface area (Å²) < 4.78 is 14.1. The molecular weight excluding hydrogens is 456 g/mol. The summed E-state index contributed by atoms with van der Waals surface area (Å²) in [6.07, 6.45) is 5.06. The number of aromatic nitrogens is 4. The van der Waals surface area contributed by atoms with E-state index >= 15 is 0 Å². The highest BCUT2D eigenvalue weighted by molar-refractivity contribution is 9.10. The molecule has 0 amide bonds. The minimum atomic E-state index is 0.246. The number of ether oxygens (including phenoxy) is 2. The van der Waals surface area contributed by atoms with Crippen molar-refractivity contribution in [2.45, 2.75) is 35.9 Å². The van der Waals surface area contributed by atoms with E-state index in [9.17, 15) is 0 Å². The molecule has 0 bridgehead atoms. The summed E-state index contributed by atoms with van der Waals surface area (Å²) in [4.78, 5) is 14.4. The van der Waals surface area contributed by atoms with Crippen molar-refractivity contribution in [2.75, 3.05) is 25.6 Å². The number of halogens is 1. The van der Waals surface area contributed by atoms with Crippen molar-refractivity contribution in [3.05, 3.63) is 22.9 Å². The van der Waals surface area contributed by atoms with Gasteiger partial charge in [-0.3, -0.25) is 0 Å². The number of anilines is 1. The summed E-state index contributed by atoms with van der Waals surface area (Å²) in [6, 6.07) is 3.90. The van der Waals surface area contributed by atoms with Crippen LogP contribution in [0.2, 0.25) is 0 Å². The number of hydrogen-bond acceptors (Lipinski definition) is 8. The Morgan fingerprint density at radius 3 is 2.97 bits per heavy atom. The lowest BCUT2D eigenvalue weighted by molar-refractivity contribution is 0.174. The van der Waals surface area contributed by atoms with E-state index in [-0.39, 0.29) is 6.79 Å². The molecule has 2 aliphatic rings. The predicted octanol–water partition coefficient (Wildman–Crippen LogP) is 3.44. The van der Waals surface area contributed by atoms with Gasteiger partial charge in [-0.25, -0.2) is 15.0 Å². The second kappa shape index (κ2) is 8.00. The maximum Gasteiger partial charge on any atom is 0.231 e. The third kappa shape index (κ3) is 3.76. The summed E-state index contributed by atoms with van der Waals surface area (Å²) in [5.41, 5.74) is 7.51. The Morgan fingerprint density at radius 1 is 1.28 bits per heavy atom. The number of imidazole rings is 1. The molecule has 29 heavy (non-hydrogen) atoms. The fraction of sp³-hybridized carbons (Fsp3) is 0.421. The molecular formula is C19H21BrN6O2S. The standard InChI is InChI=1S/C19H21BrN6O2S/c20-12-6-13-14(28-10-27-13)7-15(12)29-19-25-16-17(21)23-9-24-18(16)26(19)5-3-11-2-1-4-22-8-11/h6-7,9,11,22H,1-5,8,10H2,(H2,21,23,24)/t11-/m1/s1. The maximum absolute atomic E-state index is 6.08. The zero-order valence-electron chi connectivity index (χ0n) is 15.7. The molecule has 1 saturated heterocycles. The van der Waals surface area contributed by atoms with Gasteiger partial charge in [-0.15, -0.1) is 0 Å². The first-order valence-corrected chi connectivity index (χ1v) is 11.2. The van der Waals surface area contributed by atoms with Crippen LogP contribution in [0.25, 0.3) is 11.2 Å². The van der Waals surface area contributed by atoms with E-state index in [0.29, 0.717) is 17.3 Å². The van der Waals surface area contributed by atoms with Gasteiger partial charge in [-0.05, 0) is 66.3 Å². The Bertz CT molecular complexity index is 1050. The minimum absolute atomic E-state index is 0.246. The van der Waals surface area contributed by atoms with Crippen LogP contribution in [0.4, 0.5) is 5.82 Å². The number of nitrogens with zero attached hydrogens (tertiary/aromatic N) is 4. The van der Waals surface area contributed by atoms with E-state index in [1.165, 1.54) is 19.2 Å². The van der Waals surface area contributed by atoms with Crippen molar-refractivity contribution < 1.29 is 9.47 Å². The van der Waals surface area contributed by atoms with Crippen LogP contribution in [0.15, 0.2) is 33.0 Å². The van der Waals surface area contributed by atoms with Crippen molar-refractivity contribution in [1.82, 2.24) is 24.8 Å². The fourth-order valence-electron chi connectivity index (χ4n) is 3.77. The smallest absolute Gasteiger partial charge is 0.231 e. The van der Waals surface area contributed by atoms with Crippen molar-refractivity contribution in [1.29, 1.82) is 0 Å². The van der Waals surface area contributed by atoms with E-state index in [1.54, 1.807) is 11.8 Å². The van der Waals surface area contributed by atoms with Gasteiger partial charge >= 0.3 is 0 Å². The molecule has 3 aromatic rings. The molecule has 5 rings (SSSR count). The van der Waals surface area contributed by atoms with Crippen molar-refractivity contribution in [3.8, 4) is 11.5 Å². The van der Waals surface area contributed by atoms with Crippen LogP contribution in [-0.4, -0.2) is 39.4 Å². The van der Waals surface area contributed by atoms with Gasteiger partial charge in [0.1, 0.15) is 6.33 Å². The Labute approximate surface area is 180 Å². The van der Waals surface area contributed by atoms with Crippen LogP contribution in [0.5, 0.6) is 11.5 Å². The molecule has 2 aliphatic heterocycles. The molecule has 0 aliphatic carbocycles. The molecule has 0 saturated carbocycles. The van der Waals surface area contributed by atoms with Crippen molar-refractivity contribution in [2.24, 2.45) is 5.92 Å². The van der Waals surface area contributed by atoms with Gasteiger partial charge in [0.15, 0.2) is 33.6 Å². The van der Waals surface area contributed by atoms with Crippen molar-refractivity contribution >= 4 is 44.7 Å². The SMILES string of the molecule is Nc1ncnc2c1nc(Sc1cc3c(cc1Br)OCO3)n2CC[C@H]1CCCNC1. The normalized spacial score (nSPS) is 18.4. The van der Waals surface area contributed by atoms with Crippen LogP contribution in [-0.2, 0) is 6.54 Å². The first kappa shape index (κ1) is 19.0. The number of benzene rings is 1. The Balaban J connectivity index is 1.48. The minimum Gasteiger partial charge on any atom is -0.454 e. The molecule has 4 heterocycles. The van der Waals surface area contributed by atoms with Gasteiger partial charge in [0.2, 0.25) is 6.79 Å². The van der Waals surface area contributed by atoms with E-state index in [1.807, 2.05) is 12.1 Å². The Morgan fingerprint density at radius 2 is 2.14 bits per heavy atom. The van der Waals surface area contributed by atoms with E-state index in [2.05, 4.69) is 35.8 Å². The monoisotopic (exact) mass is 476 g/mol. The van der Waals surface area contributed by atoms with E-state index in [0.717, 1.165) is 57.7 Å². The number of fused-ring (bicyclic) bond motifs is 2. The Hall–Kier alpha value is -2.04. The molecule has 8 nitrogen and oxygen atoms in total. The number of nitrogens with two attached hydrogens (primary N) is 1. The number of nitrogens with one attached hydrogen (secondary N) is 1. The van der Waals surface area contributed by atoms with Gasteiger partial charge in [0.25, 0.3) is 0 Å².